The molecule has 1 aromatic carbocycles. The monoisotopic (exact) mass is 315 g/mol. The molecule has 0 saturated heterocycles. The molecular weight excluding hydrogens is 302 g/mol. The molecule has 0 spiro atoms. The molecule has 0 fully saturated rings. The van der Waals surface area contributed by atoms with Crippen LogP contribution in [0.5, 0.6) is 5.75 Å². The Morgan fingerprint density at radius 2 is 2.05 bits per heavy atom. The quantitative estimate of drug-likeness (QED) is 0.829. The van der Waals surface area contributed by atoms with Gasteiger partial charge in [-0.05, 0) is 25.1 Å². The zero-order valence-electron chi connectivity index (χ0n) is 11.4. The number of carbonyl (C=O) groups is 3. The number of halogens is 1. The number of hydrogen-bond acceptors (Lipinski definition) is 6. The first-order valence-corrected chi connectivity index (χ1v) is 6.27. The second kappa shape index (κ2) is 8.11. The highest BCUT2D eigenvalue weighted by Crippen LogP contribution is 2.16. The van der Waals surface area contributed by atoms with Crippen molar-refractivity contribution in [1.82, 2.24) is 5.32 Å². The molecule has 2 amide bonds. The lowest BCUT2D eigenvalue weighted by Crippen LogP contribution is -2.40. The van der Waals surface area contributed by atoms with E-state index in [0.717, 1.165) is 7.11 Å². The molecule has 1 atom stereocenters. The fourth-order valence-corrected chi connectivity index (χ4v) is 1.42. The van der Waals surface area contributed by atoms with Crippen LogP contribution in [-0.2, 0) is 19.1 Å². The van der Waals surface area contributed by atoms with E-state index in [1.165, 1.54) is 13.0 Å². The lowest BCUT2D eigenvalue weighted by Gasteiger charge is -2.12. The first-order chi connectivity index (χ1) is 9.92. The average Bonchev–Trinajstić information content (AvgIpc) is 2.45. The van der Waals surface area contributed by atoms with Crippen LogP contribution in [0.2, 0.25) is 5.02 Å². The molecule has 0 bridgehead atoms. The maximum atomic E-state index is 11.5. The van der Waals surface area contributed by atoms with Crippen LogP contribution in [0.15, 0.2) is 24.3 Å². The second-order valence-electron chi connectivity index (χ2n) is 3.86. The van der Waals surface area contributed by atoms with Gasteiger partial charge in [-0.2, -0.15) is 0 Å². The average molecular weight is 316 g/mol. The predicted molar refractivity (Wildman–Crippen MR) is 73.0 cm³/mol. The SMILES string of the molecule is COC(=O)NC(=O)[C@@H](C)OC(=O)COc1cccc(Cl)c1. The van der Waals surface area contributed by atoms with Gasteiger partial charge in [0.1, 0.15) is 5.75 Å². The Bertz CT molecular complexity index is 533. The smallest absolute Gasteiger partial charge is 0.413 e. The van der Waals surface area contributed by atoms with Crippen LogP contribution in [0.25, 0.3) is 0 Å². The van der Waals surface area contributed by atoms with Gasteiger partial charge in [0.25, 0.3) is 5.91 Å². The molecule has 0 heterocycles. The van der Waals surface area contributed by atoms with Crippen molar-refractivity contribution >= 4 is 29.6 Å². The van der Waals surface area contributed by atoms with E-state index in [1.54, 1.807) is 18.2 Å². The van der Waals surface area contributed by atoms with Gasteiger partial charge in [0.15, 0.2) is 12.7 Å². The molecule has 0 aliphatic heterocycles. The van der Waals surface area contributed by atoms with Gasteiger partial charge in [0, 0.05) is 5.02 Å². The molecule has 0 radical (unpaired) electrons. The molecule has 21 heavy (non-hydrogen) atoms. The number of alkyl carbamates (subject to hydrolysis) is 1. The van der Waals surface area contributed by atoms with E-state index in [0.29, 0.717) is 10.8 Å². The van der Waals surface area contributed by atoms with Crippen molar-refractivity contribution < 1.29 is 28.6 Å². The number of ether oxygens (including phenoxy) is 3. The second-order valence-corrected chi connectivity index (χ2v) is 4.30. The lowest BCUT2D eigenvalue weighted by molar-refractivity contribution is -0.156. The number of amides is 2. The van der Waals surface area contributed by atoms with Gasteiger partial charge in [-0.25, -0.2) is 9.59 Å². The third kappa shape index (κ3) is 6.13. The first-order valence-electron chi connectivity index (χ1n) is 5.89. The Morgan fingerprint density at radius 3 is 2.67 bits per heavy atom. The summed E-state index contributed by atoms with van der Waals surface area (Å²) in [5, 5.41) is 2.34. The van der Waals surface area contributed by atoms with Gasteiger partial charge in [-0.1, -0.05) is 17.7 Å². The van der Waals surface area contributed by atoms with Crippen LogP contribution < -0.4 is 10.1 Å². The molecule has 0 saturated carbocycles. The Morgan fingerprint density at radius 1 is 1.33 bits per heavy atom. The largest absolute Gasteiger partial charge is 0.482 e. The molecular formula is C13H14ClNO6. The molecule has 1 aromatic rings. The van der Waals surface area contributed by atoms with Crippen molar-refractivity contribution in [3.8, 4) is 5.75 Å². The molecule has 1 rings (SSSR count). The molecule has 8 heteroatoms. The molecule has 0 aromatic heterocycles. The van der Waals surface area contributed by atoms with Crippen molar-refractivity contribution in [1.29, 1.82) is 0 Å². The van der Waals surface area contributed by atoms with Gasteiger partial charge < -0.3 is 14.2 Å². The zero-order chi connectivity index (χ0) is 15.8. The Hall–Kier alpha value is -2.28. The Labute approximate surface area is 126 Å². The van der Waals surface area contributed by atoms with Crippen molar-refractivity contribution in [3.05, 3.63) is 29.3 Å². The van der Waals surface area contributed by atoms with E-state index in [-0.39, 0.29) is 0 Å². The maximum Gasteiger partial charge on any atom is 0.413 e. The van der Waals surface area contributed by atoms with E-state index >= 15 is 0 Å². The minimum absolute atomic E-state index is 0.393. The molecule has 0 aliphatic carbocycles. The lowest BCUT2D eigenvalue weighted by atomic mass is 10.3. The molecule has 7 nitrogen and oxygen atoms in total. The van der Waals surface area contributed by atoms with Gasteiger partial charge in [-0.15, -0.1) is 0 Å². The normalized spacial score (nSPS) is 11.2. The summed E-state index contributed by atoms with van der Waals surface area (Å²) in [5.41, 5.74) is 0. The minimum atomic E-state index is -1.15. The van der Waals surface area contributed by atoms with Gasteiger partial charge in [-0.3, -0.25) is 10.1 Å². The third-order valence-electron chi connectivity index (χ3n) is 2.24. The molecule has 0 unspecified atom stereocenters. The van der Waals surface area contributed by atoms with Crippen LogP contribution in [0.4, 0.5) is 4.79 Å². The molecule has 114 valence electrons. The minimum Gasteiger partial charge on any atom is -0.482 e. The number of imide groups is 1. The number of nitrogens with one attached hydrogen (secondary N) is 1. The van der Waals surface area contributed by atoms with Crippen LogP contribution >= 0.6 is 11.6 Å². The van der Waals surface area contributed by atoms with E-state index < -0.39 is 30.7 Å². The van der Waals surface area contributed by atoms with Gasteiger partial charge in [0.05, 0.1) is 7.11 Å². The number of benzene rings is 1. The summed E-state index contributed by atoms with van der Waals surface area (Å²) in [7, 11) is 1.11. The third-order valence-corrected chi connectivity index (χ3v) is 2.48. The van der Waals surface area contributed by atoms with Crippen LogP contribution in [-0.4, -0.2) is 37.8 Å². The summed E-state index contributed by atoms with van der Waals surface area (Å²) in [6.45, 7) is 0.922. The summed E-state index contributed by atoms with van der Waals surface area (Å²) in [5.74, 6) is -1.16. The van der Waals surface area contributed by atoms with Gasteiger partial charge in [0.2, 0.25) is 0 Å². The topological polar surface area (TPSA) is 90.9 Å². The maximum absolute atomic E-state index is 11.5. The fourth-order valence-electron chi connectivity index (χ4n) is 1.24. The van der Waals surface area contributed by atoms with Crippen LogP contribution in [0.3, 0.4) is 0 Å². The molecule has 1 N–H and O–H groups in total. The van der Waals surface area contributed by atoms with E-state index in [4.69, 9.17) is 21.1 Å². The number of esters is 1. The summed E-state index contributed by atoms with van der Waals surface area (Å²) < 4.78 is 14.2. The Kier molecular flexibility index (Phi) is 6.48. The van der Waals surface area contributed by atoms with Crippen LogP contribution in [0, 0.1) is 0 Å². The Balaban J connectivity index is 2.39. The van der Waals surface area contributed by atoms with E-state index in [1.807, 2.05) is 5.32 Å². The first kappa shape index (κ1) is 16.8. The van der Waals surface area contributed by atoms with Gasteiger partial charge >= 0.3 is 12.1 Å². The van der Waals surface area contributed by atoms with Crippen molar-refractivity contribution in [2.24, 2.45) is 0 Å². The zero-order valence-corrected chi connectivity index (χ0v) is 12.2. The predicted octanol–water partition coefficient (Wildman–Crippen LogP) is 1.53. The summed E-state index contributed by atoms with van der Waals surface area (Å²) >= 11 is 5.76. The number of methoxy groups -OCH3 is 1. The molecule has 0 aliphatic rings. The highest BCUT2D eigenvalue weighted by atomic mass is 35.5. The van der Waals surface area contributed by atoms with Crippen molar-refractivity contribution in [3.63, 3.8) is 0 Å². The number of hydrogen-bond donors (Lipinski definition) is 1. The summed E-state index contributed by atoms with van der Waals surface area (Å²) in [6.07, 6.45) is -2.09. The van der Waals surface area contributed by atoms with Crippen molar-refractivity contribution in [2.75, 3.05) is 13.7 Å². The summed E-state index contributed by atoms with van der Waals surface area (Å²) in [6, 6.07) is 6.47. The van der Waals surface area contributed by atoms with E-state index in [2.05, 4.69) is 4.74 Å². The van der Waals surface area contributed by atoms with E-state index in [9.17, 15) is 14.4 Å². The van der Waals surface area contributed by atoms with Crippen molar-refractivity contribution in [2.45, 2.75) is 13.0 Å². The fraction of sp³-hybridized carbons (Fsp3) is 0.308. The number of carbonyl (C=O) groups excluding carboxylic acids is 3. The standard InChI is InChI=1S/C13H14ClNO6/c1-8(12(17)15-13(18)19-2)21-11(16)7-20-10-5-3-4-9(14)6-10/h3-6,8H,7H2,1-2H3,(H,15,17,18)/t8-/m1/s1. The highest BCUT2D eigenvalue weighted by Gasteiger charge is 2.20. The number of rotatable bonds is 5. The van der Waals surface area contributed by atoms with Crippen LogP contribution in [0.1, 0.15) is 6.92 Å². The highest BCUT2D eigenvalue weighted by molar-refractivity contribution is 6.30. The summed E-state index contributed by atoms with van der Waals surface area (Å²) in [4.78, 5) is 33.7.